The normalized spacial score (nSPS) is 22.2. The molecule has 2 aromatic carbocycles. The maximum atomic E-state index is 13.4. The van der Waals surface area contributed by atoms with Crippen LogP contribution in [0.25, 0.3) is 0 Å². The molecular weight excluding hydrogens is 356 g/mol. The second-order valence-electron chi connectivity index (χ2n) is 7.60. The Morgan fingerprint density at radius 3 is 2.50 bits per heavy atom. The van der Waals surface area contributed by atoms with Crippen LogP contribution >= 0.6 is 0 Å². The van der Waals surface area contributed by atoms with Gasteiger partial charge in [-0.15, -0.1) is 0 Å². The fourth-order valence-corrected chi connectivity index (χ4v) is 4.75. The summed E-state index contributed by atoms with van der Waals surface area (Å²) in [6.45, 7) is 0. The zero-order valence-electron chi connectivity index (χ0n) is 14.9. The molecule has 1 N–H and O–H groups in total. The Morgan fingerprint density at radius 1 is 0.929 bits per heavy atom. The van der Waals surface area contributed by atoms with Crippen molar-refractivity contribution in [1.82, 2.24) is 0 Å². The second kappa shape index (κ2) is 5.83. The first-order valence-electron chi connectivity index (χ1n) is 9.28. The number of aromatic carboxylic acids is 1. The van der Waals surface area contributed by atoms with Crippen molar-refractivity contribution in [3.63, 3.8) is 0 Å². The maximum Gasteiger partial charge on any atom is 0.335 e. The van der Waals surface area contributed by atoms with Crippen LogP contribution in [0.5, 0.6) is 0 Å². The summed E-state index contributed by atoms with van der Waals surface area (Å²) >= 11 is 0. The molecule has 0 aromatic heterocycles. The molecule has 0 bridgehead atoms. The van der Waals surface area contributed by atoms with Crippen LogP contribution in [0, 0.1) is 5.92 Å². The quantitative estimate of drug-likeness (QED) is 0.829. The second-order valence-corrected chi connectivity index (χ2v) is 7.60. The van der Waals surface area contributed by atoms with E-state index in [2.05, 4.69) is 0 Å². The molecule has 2 atom stereocenters. The fourth-order valence-electron chi connectivity index (χ4n) is 4.75. The lowest BCUT2D eigenvalue weighted by molar-refractivity contribution is 0.0695. The highest BCUT2D eigenvalue weighted by molar-refractivity contribution is 6.20. The Morgan fingerprint density at radius 2 is 1.71 bits per heavy atom. The minimum Gasteiger partial charge on any atom is -0.478 e. The van der Waals surface area contributed by atoms with E-state index in [-0.39, 0.29) is 28.5 Å². The number of Topliss-reactive ketones (excluding diaryl/α,β-unsaturated/α-hetero) is 2. The van der Waals surface area contributed by atoms with Gasteiger partial charge in [-0.2, -0.15) is 0 Å². The van der Waals surface area contributed by atoms with E-state index in [1.54, 1.807) is 24.3 Å². The van der Waals surface area contributed by atoms with Crippen molar-refractivity contribution in [2.45, 2.75) is 25.2 Å². The Labute approximate surface area is 160 Å². The minimum absolute atomic E-state index is 0.0872. The third-order valence-corrected chi connectivity index (χ3v) is 6.12. The molecular formula is C23H16O5. The number of fused-ring (bicyclic) bond motifs is 5. The van der Waals surface area contributed by atoms with E-state index in [0.717, 1.165) is 11.1 Å². The van der Waals surface area contributed by atoms with E-state index in [1.165, 1.54) is 18.2 Å². The van der Waals surface area contributed by atoms with Crippen LogP contribution in [0.15, 0.2) is 42.5 Å². The number of carbonyl (C=O) groups excluding carboxylic acids is 3. The average molecular weight is 372 g/mol. The first kappa shape index (κ1) is 16.8. The molecule has 0 spiro atoms. The molecule has 0 heterocycles. The topological polar surface area (TPSA) is 88.5 Å². The van der Waals surface area contributed by atoms with Crippen LogP contribution in [0.1, 0.15) is 70.5 Å². The van der Waals surface area contributed by atoms with Gasteiger partial charge in [-0.1, -0.05) is 12.1 Å². The van der Waals surface area contributed by atoms with Gasteiger partial charge in [0.2, 0.25) is 0 Å². The van der Waals surface area contributed by atoms with Gasteiger partial charge in [0.05, 0.1) is 11.5 Å². The highest BCUT2D eigenvalue weighted by Gasteiger charge is 2.45. The van der Waals surface area contributed by atoms with E-state index in [1.807, 2.05) is 0 Å². The van der Waals surface area contributed by atoms with Gasteiger partial charge >= 0.3 is 5.97 Å². The van der Waals surface area contributed by atoms with Crippen LogP contribution in [0.3, 0.4) is 0 Å². The van der Waals surface area contributed by atoms with E-state index in [0.29, 0.717) is 36.0 Å². The Kier molecular flexibility index (Phi) is 3.50. The number of carboxylic acids is 1. The number of benzene rings is 2. The van der Waals surface area contributed by atoms with Crippen LogP contribution in [-0.2, 0) is 12.8 Å². The molecule has 2 unspecified atom stereocenters. The standard InChI is InChI=1S/C23H16O5/c24-19-3-1-2-12-8-17-18(10-15(12)19)22(26)20-14(21(17)25)7-6-11-4-5-13(23(27)28)9-16(11)20/h1,3-5,8-10,14,20H,2,6-7H2,(H,27,28). The van der Waals surface area contributed by atoms with Gasteiger partial charge in [0, 0.05) is 22.6 Å². The summed E-state index contributed by atoms with van der Waals surface area (Å²) in [5.74, 6) is -2.68. The fraction of sp³-hybridized carbons (Fsp3) is 0.217. The largest absolute Gasteiger partial charge is 0.478 e. The number of ketones is 3. The summed E-state index contributed by atoms with van der Waals surface area (Å²) in [6, 6.07) is 8.06. The molecule has 0 aliphatic heterocycles. The molecule has 3 aliphatic rings. The third-order valence-electron chi connectivity index (χ3n) is 6.12. The van der Waals surface area contributed by atoms with E-state index < -0.39 is 17.8 Å². The van der Waals surface area contributed by atoms with E-state index in [4.69, 9.17) is 0 Å². The van der Waals surface area contributed by atoms with Gasteiger partial charge in [-0.25, -0.2) is 4.79 Å². The lowest BCUT2D eigenvalue weighted by Crippen LogP contribution is -2.38. The predicted molar refractivity (Wildman–Crippen MR) is 100 cm³/mol. The number of hydrogen-bond acceptors (Lipinski definition) is 4. The Bertz CT molecular complexity index is 1140. The van der Waals surface area contributed by atoms with E-state index >= 15 is 0 Å². The van der Waals surface area contributed by atoms with Gasteiger partial charge in [0.25, 0.3) is 0 Å². The van der Waals surface area contributed by atoms with Crippen molar-refractivity contribution in [3.05, 3.63) is 81.4 Å². The van der Waals surface area contributed by atoms with Crippen molar-refractivity contribution in [2.75, 3.05) is 0 Å². The van der Waals surface area contributed by atoms with E-state index in [9.17, 15) is 24.3 Å². The molecule has 0 amide bonds. The molecule has 138 valence electrons. The molecule has 2 aromatic rings. The summed E-state index contributed by atoms with van der Waals surface area (Å²) in [7, 11) is 0. The molecule has 5 heteroatoms. The lowest BCUT2D eigenvalue weighted by Gasteiger charge is -2.36. The zero-order chi connectivity index (χ0) is 19.6. The highest BCUT2D eigenvalue weighted by Crippen LogP contribution is 2.45. The van der Waals surface area contributed by atoms with Crippen LogP contribution in [0.2, 0.25) is 0 Å². The van der Waals surface area contributed by atoms with Crippen LogP contribution in [0.4, 0.5) is 0 Å². The SMILES string of the molecule is O=C(O)c1ccc2c(c1)C1C(=O)c3cc4c(cc3C(=O)C1CC2)CC=CC4=O. The number of rotatable bonds is 1. The first-order valence-corrected chi connectivity index (χ1v) is 9.28. The van der Waals surface area contributed by atoms with Crippen molar-refractivity contribution in [3.8, 4) is 0 Å². The van der Waals surface area contributed by atoms with Gasteiger partial charge in [0.15, 0.2) is 17.3 Å². The number of hydrogen-bond donors (Lipinski definition) is 1. The molecule has 0 saturated carbocycles. The summed E-state index contributed by atoms with van der Waals surface area (Å²) in [4.78, 5) is 50.2. The summed E-state index contributed by atoms with van der Waals surface area (Å²) in [5, 5.41) is 9.32. The highest BCUT2D eigenvalue weighted by atomic mass is 16.4. The maximum absolute atomic E-state index is 13.4. The van der Waals surface area contributed by atoms with Crippen molar-refractivity contribution >= 4 is 23.3 Å². The minimum atomic E-state index is -1.06. The molecule has 5 rings (SSSR count). The third kappa shape index (κ3) is 2.26. The van der Waals surface area contributed by atoms with Crippen molar-refractivity contribution in [2.24, 2.45) is 5.92 Å². The molecule has 28 heavy (non-hydrogen) atoms. The number of aryl methyl sites for hydroxylation is 1. The summed E-state index contributed by atoms with van der Waals surface area (Å²) in [5.41, 5.74) is 3.56. The van der Waals surface area contributed by atoms with Crippen LogP contribution in [-0.4, -0.2) is 28.4 Å². The number of carbonyl (C=O) groups is 4. The Balaban J connectivity index is 1.69. The summed E-state index contributed by atoms with van der Waals surface area (Å²) in [6.07, 6.45) is 5.01. The van der Waals surface area contributed by atoms with Crippen molar-refractivity contribution in [1.29, 1.82) is 0 Å². The molecule has 0 fully saturated rings. The molecule has 5 nitrogen and oxygen atoms in total. The first-order chi connectivity index (χ1) is 13.5. The average Bonchev–Trinajstić information content (AvgIpc) is 2.70. The van der Waals surface area contributed by atoms with Crippen molar-refractivity contribution < 1.29 is 24.3 Å². The number of carboxylic acid groups (broad SMARTS) is 1. The molecule has 3 aliphatic carbocycles. The van der Waals surface area contributed by atoms with Gasteiger partial charge in [0.1, 0.15) is 0 Å². The summed E-state index contributed by atoms with van der Waals surface area (Å²) < 4.78 is 0. The van der Waals surface area contributed by atoms with Gasteiger partial charge in [-0.3, -0.25) is 14.4 Å². The monoisotopic (exact) mass is 372 g/mol. The predicted octanol–water partition coefficient (Wildman–Crippen LogP) is 3.41. The lowest BCUT2D eigenvalue weighted by atomic mass is 9.64. The smallest absolute Gasteiger partial charge is 0.335 e. The zero-order valence-corrected chi connectivity index (χ0v) is 14.9. The van der Waals surface area contributed by atoms with Gasteiger partial charge in [-0.05, 0) is 66.3 Å². The Hall–Kier alpha value is -3.34. The number of allylic oxidation sites excluding steroid dienone is 2. The van der Waals surface area contributed by atoms with Crippen LogP contribution < -0.4 is 0 Å². The molecule has 0 radical (unpaired) electrons. The molecule has 0 saturated heterocycles. The van der Waals surface area contributed by atoms with Gasteiger partial charge < -0.3 is 5.11 Å².